The Morgan fingerprint density at radius 2 is 1.44 bits per heavy atom. The fourth-order valence-electron chi connectivity index (χ4n) is 3.43. The Hall–Kier alpha value is -1.33. The van der Waals surface area contributed by atoms with Crippen LogP contribution in [-0.4, -0.2) is 51.1 Å². The number of hydrogen-bond acceptors (Lipinski definition) is 5. The van der Waals surface area contributed by atoms with Crippen molar-refractivity contribution in [1.29, 1.82) is 0 Å². The molecule has 0 aromatic heterocycles. The predicted octanol–water partition coefficient (Wildman–Crippen LogP) is 2.71. The molecule has 0 amide bonds. The largest absolute Gasteiger partial charge is 0.573 e. The molecule has 0 spiro atoms. The van der Waals surface area contributed by atoms with Crippen LogP contribution >= 0.6 is 0 Å². The van der Waals surface area contributed by atoms with Gasteiger partial charge in [0.15, 0.2) is 9.84 Å². The highest BCUT2D eigenvalue weighted by Gasteiger charge is 2.46. The van der Waals surface area contributed by atoms with E-state index in [2.05, 4.69) is 4.74 Å². The van der Waals surface area contributed by atoms with Gasteiger partial charge in [0.2, 0.25) is 10.0 Å². The molecule has 0 radical (unpaired) electrons. The highest BCUT2D eigenvalue weighted by atomic mass is 32.2. The number of benzene rings is 1. The molecule has 1 aromatic rings. The van der Waals surface area contributed by atoms with Gasteiger partial charge in [-0.15, -0.1) is 13.2 Å². The minimum Gasteiger partial charge on any atom is -0.406 e. The summed E-state index contributed by atoms with van der Waals surface area (Å²) in [5, 5.41) is -1.12. The Labute approximate surface area is 156 Å². The summed E-state index contributed by atoms with van der Waals surface area (Å²) in [6, 6.07) is 3.85. The molecule has 3 rings (SSSR count). The summed E-state index contributed by atoms with van der Waals surface area (Å²) >= 11 is 0. The lowest BCUT2D eigenvalue weighted by Crippen LogP contribution is -2.58. The van der Waals surface area contributed by atoms with E-state index in [1.807, 2.05) is 0 Å². The maximum Gasteiger partial charge on any atom is 0.573 e. The summed E-state index contributed by atoms with van der Waals surface area (Å²) in [5.74, 6) is -0.525. The number of sulfonamides is 1. The Balaban J connectivity index is 1.65. The molecule has 0 N–H and O–H groups in total. The van der Waals surface area contributed by atoms with Gasteiger partial charge in [-0.25, -0.2) is 16.8 Å². The number of halogens is 3. The second-order valence-corrected chi connectivity index (χ2v) is 11.3. The molecule has 6 nitrogen and oxygen atoms in total. The first-order valence-corrected chi connectivity index (χ1v) is 11.6. The lowest BCUT2D eigenvalue weighted by atomic mass is 10.0. The van der Waals surface area contributed by atoms with Crippen molar-refractivity contribution < 1.29 is 34.7 Å². The Morgan fingerprint density at radius 3 is 1.96 bits per heavy atom. The van der Waals surface area contributed by atoms with Crippen molar-refractivity contribution in [2.45, 2.75) is 53.9 Å². The highest BCUT2D eigenvalue weighted by Crippen LogP contribution is 2.33. The van der Waals surface area contributed by atoms with Crippen molar-refractivity contribution in [2.75, 3.05) is 13.1 Å². The van der Waals surface area contributed by atoms with Crippen LogP contribution in [0.4, 0.5) is 13.2 Å². The zero-order valence-electron chi connectivity index (χ0n) is 14.4. The van der Waals surface area contributed by atoms with Crippen molar-refractivity contribution >= 4 is 19.9 Å². The van der Waals surface area contributed by atoms with Gasteiger partial charge in [0.1, 0.15) is 5.75 Å². The van der Waals surface area contributed by atoms with Gasteiger partial charge in [0.25, 0.3) is 0 Å². The Bertz CT molecular complexity index is 870. The van der Waals surface area contributed by atoms with Crippen LogP contribution < -0.4 is 4.74 Å². The average Bonchev–Trinajstić information content (AvgIpc) is 2.52. The fraction of sp³-hybridized carbons (Fsp3) is 0.625. The van der Waals surface area contributed by atoms with Crippen LogP contribution in [0, 0.1) is 0 Å². The molecule has 1 aliphatic carbocycles. The molecule has 0 unspecified atom stereocenters. The fourth-order valence-corrected chi connectivity index (χ4v) is 7.46. The van der Waals surface area contributed by atoms with Crippen LogP contribution in [0.2, 0.25) is 0 Å². The van der Waals surface area contributed by atoms with Gasteiger partial charge in [0, 0.05) is 13.1 Å². The number of alkyl halides is 3. The van der Waals surface area contributed by atoms with Crippen LogP contribution in [0.5, 0.6) is 5.75 Å². The van der Waals surface area contributed by atoms with Crippen LogP contribution in [0.3, 0.4) is 0 Å². The van der Waals surface area contributed by atoms with Crippen LogP contribution in [0.15, 0.2) is 29.2 Å². The molecule has 152 valence electrons. The second kappa shape index (κ2) is 7.25. The lowest BCUT2D eigenvalue weighted by molar-refractivity contribution is -0.274. The maximum atomic E-state index is 12.6. The number of ether oxygens (including phenoxy) is 1. The van der Waals surface area contributed by atoms with Gasteiger partial charge < -0.3 is 4.74 Å². The topological polar surface area (TPSA) is 80.8 Å². The van der Waals surface area contributed by atoms with Crippen molar-refractivity contribution in [3.63, 3.8) is 0 Å². The molecular formula is C16H20F3NO5S2. The number of sulfone groups is 1. The summed E-state index contributed by atoms with van der Waals surface area (Å²) in [4.78, 5) is -0.203. The first-order valence-electron chi connectivity index (χ1n) is 8.59. The average molecular weight is 427 g/mol. The zero-order valence-corrected chi connectivity index (χ0v) is 16.0. The molecule has 27 heavy (non-hydrogen) atoms. The summed E-state index contributed by atoms with van der Waals surface area (Å²) < 4.78 is 91.5. The summed E-state index contributed by atoms with van der Waals surface area (Å²) in [6.45, 7) is -0.246. The molecule has 0 atom stereocenters. The number of rotatable bonds is 5. The van der Waals surface area contributed by atoms with Gasteiger partial charge in [-0.05, 0) is 37.1 Å². The lowest BCUT2D eigenvalue weighted by Gasteiger charge is -2.39. The smallest absolute Gasteiger partial charge is 0.406 e. The molecule has 11 heteroatoms. The highest BCUT2D eigenvalue weighted by molar-refractivity contribution is 7.93. The monoisotopic (exact) mass is 427 g/mol. The van der Waals surface area contributed by atoms with E-state index in [0.29, 0.717) is 12.8 Å². The van der Waals surface area contributed by atoms with Crippen molar-refractivity contribution in [2.24, 2.45) is 0 Å². The van der Waals surface area contributed by atoms with E-state index in [1.165, 1.54) is 0 Å². The third-order valence-corrected chi connectivity index (χ3v) is 9.46. The first kappa shape index (κ1) is 20.4. The van der Waals surface area contributed by atoms with Crippen molar-refractivity contribution in [1.82, 2.24) is 4.31 Å². The maximum absolute atomic E-state index is 12.6. The molecule has 1 heterocycles. The predicted molar refractivity (Wildman–Crippen MR) is 91.5 cm³/mol. The van der Waals surface area contributed by atoms with Gasteiger partial charge in [-0.1, -0.05) is 19.3 Å². The van der Waals surface area contributed by atoms with E-state index in [-0.39, 0.29) is 18.0 Å². The van der Waals surface area contributed by atoms with Crippen molar-refractivity contribution in [3.8, 4) is 5.75 Å². The first-order chi connectivity index (χ1) is 12.5. The summed E-state index contributed by atoms with van der Waals surface area (Å²) in [7, 11) is -7.33. The van der Waals surface area contributed by atoms with Crippen molar-refractivity contribution in [3.05, 3.63) is 24.3 Å². The minimum absolute atomic E-state index is 0.123. The molecule has 2 aliphatic rings. The summed E-state index contributed by atoms with van der Waals surface area (Å²) in [6.07, 6.45) is -0.877. The van der Waals surface area contributed by atoms with E-state index < -0.39 is 42.5 Å². The van der Waals surface area contributed by atoms with Gasteiger partial charge in [0.05, 0.1) is 15.4 Å². The Morgan fingerprint density at radius 1 is 0.889 bits per heavy atom. The number of hydrogen-bond donors (Lipinski definition) is 0. The van der Waals surface area contributed by atoms with E-state index in [4.69, 9.17) is 0 Å². The van der Waals surface area contributed by atoms with E-state index in [9.17, 15) is 30.0 Å². The van der Waals surface area contributed by atoms with Gasteiger partial charge >= 0.3 is 6.36 Å². The molecule has 1 saturated carbocycles. The SMILES string of the molecule is O=S(=O)(C1CCCCC1)C1CN(S(=O)(=O)c2ccc(OC(F)(F)F)cc2)C1. The third kappa shape index (κ3) is 4.40. The van der Waals surface area contributed by atoms with E-state index in [1.54, 1.807) is 0 Å². The van der Waals surface area contributed by atoms with E-state index in [0.717, 1.165) is 47.8 Å². The molecule has 2 fully saturated rings. The Kier molecular flexibility index (Phi) is 5.48. The van der Waals surface area contributed by atoms with Gasteiger partial charge in [-0.3, -0.25) is 0 Å². The summed E-state index contributed by atoms with van der Waals surface area (Å²) in [5.41, 5.74) is 0. The van der Waals surface area contributed by atoms with E-state index >= 15 is 0 Å². The van der Waals surface area contributed by atoms with Crippen LogP contribution in [0.25, 0.3) is 0 Å². The molecule has 1 aromatic carbocycles. The molecular weight excluding hydrogens is 407 g/mol. The third-order valence-electron chi connectivity index (χ3n) is 4.99. The van der Waals surface area contributed by atoms with Gasteiger partial charge in [-0.2, -0.15) is 4.31 Å². The normalized spacial score (nSPS) is 21.0. The second-order valence-electron chi connectivity index (χ2n) is 6.81. The number of nitrogens with zero attached hydrogens (tertiary/aromatic N) is 1. The molecule has 0 bridgehead atoms. The van der Waals surface area contributed by atoms with Crippen LogP contribution in [-0.2, 0) is 19.9 Å². The minimum atomic E-state index is -4.86. The zero-order chi connectivity index (χ0) is 19.9. The van der Waals surface area contributed by atoms with Crippen LogP contribution in [0.1, 0.15) is 32.1 Å². The standard InChI is InChI=1S/C16H20F3NO5S2/c17-16(18,19)25-12-6-8-14(9-7-12)27(23,24)20-10-15(11-20)26(21,22)13-4-2-1-3-5-13/h6-9,13,15H,1-5,10-11H2. The molecule has 1 aliphatic heterocycles. The quantitative estimate of drug-likeness (QED) is 0.722. The molecule has 1 saturated heterocycles.